The number of rotatable bonds is 5. The van der Waals surface area contributed by atoms with E-state index in [1.165, 1.54) is 12.8 Å². The number of carbonyl (C=O) groups excluding carboxylic acids is 1. The van der Waals surface area contributed by atoms with E-state index < -0.39 is 0 Å². The minimum atomic E-state index is -0.0358. The zero-order valence-corrected chi connectivity index (χ0v) is 12.1. The number of amides is 1. The van der Waals surface area contributed by atoms with Crippen molar-refractivity contribution in [2.75, 3.05) is 0 Å². The molecule has 1 aromatic carbocycles. The summed E-state index contributed by atoms with van der Waals surface area (Å²) in [6, 6.07) is 10.3. The van der Waals surface area contributed by atoms with Crippen LogP contribution in [0.5, 0.6) is 0 Å². The third-order valence-electron chi connectivity index (χ3n) is 4.03. The summed E-state index contributed by atoms with van der Waals surface area (Å²) in [5, 5.41) is 0. The zero-order valence-electron chi connectivity index (χ0n) is 12.1. The summed E-state index contributed by atoms with van der Waals surface area (Å²) in [5.41, 5.74) is 1.56. The molecule has 0 N–H and O–H groups in total. The SMILES string of the molecule is CC(C1CC1)N(Cc1ccccc1)C(=O)c1cnccn1. The standard InChI is InChI=1S/C17H19N3O/c1-13(15-7-8-15)20(12-14-5-3-2-4-6-14)17(21)16-11-18-9-10-19-16/h2-6,9-11,13,15H,7-8,12H2,1H3. The van der Waals surface area contributed by atoms with Crippen LogP contribution in [0.2, 0.25) is 0 Å². The van der Waals surface area contributed by atoms with Crippen molar-refractivity contribution >= 4 is 5.91 Å². The Hall–Kier alpha value is -2.23. The lowest BCUT2D eigenvalue weighted by atomic mass is 10.1. The Morgan fingerprint density at radius 3 is 2.67 bits per heavy atom. The van der Waals surface area contributed by atoms with Crippen molar-refractivity contribution in [1.82, 2.24) is 14.9 Å². The first-order valence-corrected chi connectivity index (χ1v) is 7.36. The van der Waals surface area contributed by atoms with Gasteiger partial charge in [-0.25, -0.2) is 4.98 Å². The van der Waals surface area contributed by atoms with Gasteiger partial charge in [-0.2, -0.15) is 0 Å². The highest BCUT2D eigenvalue weighted by atomic mass is 16.2. The van der Waals surface area contributed by atoms with E-state index >= 15 is 0 Å². The molecule has 1 heterocycles. The number of carbonyl (C=O) groups is 1. The smallest absolute Gasteiger partial charge is 0.274 e. The molecule has 1 aliphatic rings. The van der Waals surface area contributed by atoms with Crippen LogP contribution in [0, 0.1) is 5.92 Å². The number of hydrogen-bond donors (Lipinski definition) is 0. The molecule has 2 aromatic rings. The van der Waals surface area contributed by atoms with E-state index in [-0.39, 0.29) is 11.9 Å². The zero-order chi connectivity index (χ0) is 14.7. The molecule has 1 fully saturated rings. The summed E-state index contributed by atoms with van der Waals surface area (Å²) in [4.78, 5) is 22.8. The lowest BCUT2D eigenvalue weighted by Gasteiger charge is -2.29. The van der Waals surface area contributed by atoms with E-state index in [4.69, 9.17) is 0 Å². The third-order valence-corrected chi connectivity index (χ3v) is 4.03. The molecule has 0 aliphatic heterocycles. The Labute approximate surface area is 124 Å². The fraction of sp³-hybridized carbons (Fsp3) is 0.353. The van der Waals surface area contributed by atoms with Crippen molar-refractivity contribution in [2.45, 2.75) is 32.4 Å². The molecule has 0 spiro atoms. The van der Waals surface area contributed by atoms with Crippen LogP contribution in [0.25, 0.3) is 0 Å². The highest BCUT2D eigenvalue weighted by molar-refractivity contribution is 5.92. The quantitative estimate of drug-likeness (QED) is 0.846. The van der Waals surface area contributed by atoms with Crippen molar-refractivity contribution < 1.29 is 4.79 Å². The van der Waals surface area contributed by atoms with E-state index in [0.717, 1.165) is 5.56 Å². The summed E-state index contributed by atoms with van der Waals surface area (Å²) in [6.45, 7) is 2.75. The molecule has 3 rings (SSSR count). The number of benzene rings is 1. The molecule has 1 aliphatic carbocycles. The molecule has 4 nitrogen and oxygen atoms in total. The molecular weight excluding hydrogens is 262 g/mol. The second-order valence-corrected chi connectivity index (χ2v) is 5.59. The molecule has 1 atom stereocenters. The van der Waals surface area contributed by atoms with E-state index in [2.05, 4.69) is 29.0 Å². The van der Waals surface area contributed by atoms with Crippen LogP contribution in [0.1, 0.15) is 35.8 Å². The van der Waals surface area contributed by atoms with Crippen molar-refractivity contribution in [1.29, 1.82) is 0 Å². The van der Waals surface area contributed by atoms with Gasteiger partial charge in [-0.1, -0.05) is 30.3 Å². The fourth-order valence-corrected chi connectivity index (χ4v) is 2.57. The maximum atomic E-state index is 12.7. The van der Waals surface area contributed by atoms with Gasteiger partial charge in [-0.05, 0) is 31.2 Å². The molecular formula is C17H19N3O. The van der Waals surface area contributed by atoms with E-state index in [1.54, 1.807) is 18.6 Å². The van der Waals surface area contributed by atoms with E-state index in [0.29, 0.717) is 18.2 Å². The largest absolute Gasteiger partial charge is 0.330 e. The Balaban J connectivity index is 1.83. The van der Waals surface area contributed by atoms with Gasteiger partial charge in [-0.3, -0.25) is 9.78 Å². The van der Waals surface area contributed by atoms with Gasteiger partial charge in [0.05, 0.1) is 6.20 Å². The molecule has 0 bridgehead atoms. The monoisotopic (exact) mass is 281 g/mol. The first-order chi connectivity index (χ1) is 10.3. The van der Waals surface area contributed by atoms with Crippen LogP contribution in [0.3, 0.4) is 0 Å². The lowest BCUT2D eigenvalue weighted by molar-refractivity contribution is 0.0647. The molecule has 1 saturated carbocycles. The maximum Gasteiger partial charge on any atom is 0.274 e. The maximum absolute atomic E-state index is 12.7. The predicted molar refractivity (Wildman–Crippen MR) is 80.5 cm³/mol. The van der Waals surface area contributed by atoms with Gasteiger partial charge >= 0.3 is 0 Å². The first-order valence-electron chi connectivity index (χ1n) is 7.36. The van der Waals surface area contributed by atoms with Crippen molar-refractivity contribution in [3.05, 3.63) is 60.2 Å². The molecule has 1 amide bonds. The Morgan fingerprint density at radius 1 is 1.29 bits per heavy atom. The van der Waals surface area contributed by atoms with Crippen molar-refractivity contribution in [3.8, 4) is 0 Å². The normalized spacial score (nSPS) is 15.5. The molecule has 0 radical (unpaired) electrons. The third kappa shape index (κ3) is 3.27. The highest BCUT2D eigenvalue weighted by Crippen LogP contribution is 2.36. The average molecular weight is 281 g/mol. The van der Waals surface area contributed by atoms with Gasteiger partial charge in [0.15, 0.2) is 0 Å². The summed E-state index contributed by atoms with van der Waals surface area (Å²) in [6.07, 6.45) is 7.11. The molecule has 108 valence electrons. The Morgan fingerprint density at radius 2 is 2.05 bits per heavy atom. The summed E-state index contributed by atoms with van der Waals surface area (Å²) < 4.78 is 0. The molecule has 1 aromatic heterocycles. The van der Waals surface area contributed by atoms with Gasteiger partial charge in [0.1, 0.15) is 5.69 Å². The fourth-order valence-electron chi connectivity index (χ4n) is 2.57. The molecule has 4 heteroatoms. The average Bonchev–Trinajstić information content (AvgIpc) is 3.38. The van der Waals surface area contributed by atoms with Crippen LogP contribution in [0.4, 0.5) is 0 Å². The van der Waals surface area contributed by atoms with Gasteiger partial charge in [-0.15, -0.1) is 0 Å². The van der Waals surface area contributed by atoms with Crippen LogP contribution in [0.15, 0.2) is 48.9 Å². The van der Waals surface area contributed by atoms with Gasteiger partial charge in [0.25, 0.3) is 5.91 Å². The van der Waals surface area contributed by atoms with Crippen LogP contribution >= 0.6 is 0 Å². The topological polar surface area (TPSA) is 46.1 Å². The van der Waals surface area contributed by atoms with Crippen molar-refractivity contribution in [3.63, 3.8) is 0 Å². The predicted octanol–water partition coefficient (Wildman–Crippen LogP) is 2.92. The van der Waals surface area contributed by atoms with Crippen LogP contribution in [-0.4, -0.2) is 26.8 Å². The lowest BCUT2D eigenvalue weighted by Crippen LogP contribution is -2.39. The Bertz CT molecular complexity index is 596. The molecule has 1 unspecified atom stereocenters. The van der Waals surface area contributed by atoms with Crippen molar-refractivity contribution in [2.24, 2.45) is 5.92 Å². The number of hydrogen-bond acceptors (Lipinski definition) is 3. The highest BCUT2D eigenvalue weighted by Gasteiger charge is 2.35. The number of aromatic nitrogens is 2. The van der Waals surface area contributed by atoms with E-state index in [1.807, 2.05) is 23.1 Å². The first kappa shape index (κ1) is 13.7. The summed E-state index contributed by atoms with van der Waals surface area (Å²) in [7, 11) is 0. The minimum absolute atomic E-state index is 0.0358. The van der Waals surface area contributed by atoms with Crippen LogP contribution < -0.4 is 0 Å². The van der Waals surface area contributed by atoms with Crippen LogP contribution in [-0.2, 0) is 6.54 Å². The summed E-state index contributed by atoms with van der Waals surface area (Å²) >= 11 is 0. The van der Waals surface area contributed by atoms with E-state index in [9.17, 15) is 4.79 Å². The second kappa shape index (κ2) is 6.04. The number of nitrogens with zero attached hydrogens (tertiary/aromatic N) is 3. The van der Waals surface area contributed by atoms with Gasteiger partial charge in [0, 0.05) is 25.0 Å². The Kier molecular flexibility index (Phi) is 3.95. The second-order valence-electron chi connectivity index (χ2n) is 5.59. The minimum Gasteiger partial charge on any atom is -0.330 e. The summed E-state index contributed by atoms with van der Waals surface area (Å²) in [5.74, 6) is 0.584. The van der Waals surface area contributed by atoms with Gasteiger partial charge < -0.3 is 4.90 Å². The molecule has 0 saturated heterocycles. The van der Waals surface area contributed by atoms with Gasteiger partial charge in [0.2, 0.25) is 0 Å². The molecule has 21 heavy (non-hydrogen) atoms.